The Hall–Kier alpha value is -4.07. The van der Waals surface area contributed by atoms with E-state index >= 15 is 0 Å². The maximum atomic E-state index is 14.1. The SMILES string of the molecule is C=C(O)CCc1cccc(NC(=O)[C@@H](c2ccc(CN3Cc4c(F)cccc4C3=O)cc2)[C@H](C)C(F)F)c1. The quantitative estimate of drug-likeness (QED) is 0.295. The van der Waals surface area contributed by atoms with Gasteiger partial charge in [0, 0.05) is 35.7 Å². The first-order valence-electron chi connectivity index (χ1n) is 12.3. The van der Waals surface area contributed by atoms with E-state index in [9.17, 15) is 27.9 Å². The van der Waals surface area contributed by atoms with Gasteiger partial charge in [0.25, 0.3) is 5.91 Å². The fraction of sp³-hybridized carbons (Fsp3) is 0.267. The summed E-state index contributed by atoms with van der Waals surface area (Å²) >= 11 is 0. The number of nitrogens with zero attached hydrogens (tertiary/aromatic N) is 1. The van der Waals surface area contributed by atoms with E-state index in [-0.39, 0.29) is 24.8 Å². The van der Waals surface area contributed by atoms with Crippen LogP contribution >= 0.6 is 0 Å². The summed E-state index contributed by atoms with van der Waals surface area (Å²) < 4.78 is 41.6. The molecule has 2 atom stereocenters. The van der Waals surface area contributed by atoms with Crippen LogP contribution in [0.3, 0.4) is 0 Å². The van der Waals surface area contributed by atoms with Crippen LogP contribution in [0, 0.1) is 11.7 Å². The van der Waals surface area contributed by atoms with Gasteiger partial charge < -0.3 is 15.3 Å². The van der Waals surface area contributed by atoms with Gasteiger partial charge in [0.05, 0.1) is 18.2 Å². The molecule has 0 aliphatic carbocycles. The van der Waals surface area contributed by atoms with Crippen molar-refractivity contribution in [3.8, 4) is 0 Å². The van der Waals surface area contributed by atoms with Crippen LogP contribution in [0.15, 0.2) is 79.1 Å². The molecule has 0 saturated heterocycles. The van der Waals surface area contributed by atoms with Crippen molar-refractivity contribution >= 4 is 17.5 Å². The average molecular weight is 523 g/mol. The summed E-state index contributed by atoms with van der Waals surface area (Å²) in [6, 6.07) is 18.1. The van der Waals surface area contributed by atoms with E-state index in [1.807, 2.05) is 6.07 Å². The van der Waals surface area contributed by atoms with Crippen LogP contribution in [-0.2, 0) is 24.3 Å². The van der Waals surface area contributed by atoms with Gasteiger partial charge in [-0.15, -0.1) is 0 Å². The number of fused-ring (bicyclic) bond motifs is 1. The lowest BCUT2D eigenvalue weighted by atomic mass is 9.86. The van der Waals surface area contributed by atoms with E-state index in [1.54, 1.807) is 48.5 Å². The molecule has 3 aromatic carbocycles. The molecule has 0 fully saturated rings. The maximum Gasteiger partial charge on any atom is 0.254 e. The molecule has 1 aliphatic heterocycles. The molecule has 0 unspecified atom stereocenters. The van der Waals surface area contributed by atoms with Gasteiger partial charge in [-0.1, -0.05) is 56.0 Å². The smallest absolute Gasteiger partial charge is 0.254 e. The Morgan fingerprint density at radius 2 is 1.79 bits per heavy atom. The first-order valence-corrected chi connectivity index (χ1v) is 12.3. The van der Waals surface area contributed by atoms with Gasteiger partial charge in [-0.25, -0.2) is 13.2 Å². The van der Waals surface area contributed by atoms with Gasteiger partial charge >= 0.3 is 0 Å². The zero-order valence-corrected chi connectivity index (χ0v) is 21.0. The summed E-state index contributed by atoms with van der Waals surface area (Å²) in [5, 5.41) is 12.1. The highest BCUT2D eigenvalue weighted by Gasteiger charge is 2.33. The van der Waals surface area contributed by atoms with E-state index in [2.05, 4.69) is 11.9 Å². The van der Waals surface area contributed by atoms with E-state index in [1.165, 1.54) is 24.0 Å². The summed E-state index contributed by atoms with van der Waals surface area (Å²) in [4.78, 5) is 27.4. The second-order valence-electron chi connectivity index (χ2n) is 9.60. The number of aliphatic hydroxyl groups excluding tert-OH is 1. The topological polar surface area (TPSA) is 69.6 Å². The number of aliphatic hydroxyl groups is 1. The lowest BCUT2D eigenvalue weighted by molar-refractivity contribution is -0.120. The fourth-order valence-corrected chi connectivity index (χ4v) is 4.68. The van der Waals surface area contributed by atoms with Gasteiger partial charge in [0.1, 0.15) is 5.82 Å². The number of carbonyl (C=O) groups excluding carboxylic acids is 2. The molecule has 2 N–H and O–H groups in total. The molecule has 1 aliphatic rings. The molecular weight excluding hydrogens is 493 g/mol. The number of anilines is 1. The number of allylic oxidation sites excluding steroid dienone is 1. The predicted octanol–water partition coefficient (Wildman–Crippen LogP) is 6.61. The highest BCUT2D eigenvalue weighted by molar-refractivity contribution is 5.98. The first kappa shape index (κ1) is 27.0. The second kappa shape index (κ2) is 11.5. The van der Waals surface area contributed by atoms with Gasteiger partial charge in [-0.3, -0.25) is 9.59 Å². The first-order chi connectivity index (χ1) is 18.1. The van der Waals surface area contributed by atoms with Crippen LogP contribution in [0.25, 0.3) is 0 Å². The molecule has 5 nitrogen and oxygen atoms in total. The minimum absolute atomic E-state index is 0.0551. The highest BCUT2D eigenvalue weighted by Crippen LogP contribution is 2.32. The third kappa shape index (κ3) is 6.07. The maximum absolute atomic E-state index is 14.1. The number of nitrogens with one attached hydrogen (secondary N) is 1. The van der Waals surface area contributed by atoms with Crippen LogP contribution in [-0.4, -0.2) is 28.2 Å². The van der Waals surface area contributed by atoms with E-state index in [0.717, 1.165) is 11.1 Å². The van der Waals surface area contributed by atoms with Crippen molar-refractivity contribution in [3.05, 3.63) is 113 Å². The molecule has 0 radical (unpaired) electrons. The minimum atomic E-state index is -2.72. The molecule has 2 amide bonds. The van der Waals surface area contributed by atoms with Gasteiger partial charge in [0.2, 0.25) is 12.3 Å². The van der Waals surface area contributed by atoms with Crippen molar-refractivity contribution in [2.24, 2.45) is 5.92 Å². The van der Waals surface area contributed by atoms with Crippen LogP contribution in [0.2, 0.25) is 0 Å². The Morgan fingerprint density at radius 3 is 2.45 bits per heavy atom. The Morgan fingerprint density at radius 1 is 1.08 bits per heavy atom. The number of hydrogen-bond donors (Lipinski definition) is 2. The van der Waals surface area contributed by atoms with Crippen LogP contribution in [0.1, 0.15) is 51.9 Å². The van der Waals surface area contributed by atoms with Crippen molar-refractivity contribution < 1.29 is 27.9 Å². The van der Waals surface area contributed by atoms with Crippen LogP contribution in [0.5, 0.6) is 0 Å². The van der Waals surface area contributed by atoms with Crippen LogP contribution in [0.4, 0.5) is 18.9 Å². The van der Waals surface area contributed by atoms with E-state index in [0.29, 0.717) is 35.2 Å². The Labute approximate surface area is 219 Å². The summed E-state index contributed by atoms with van der Waals surface area (Å²) in [7, 11) is 0. The zero-order chi connectivity index (χ0) is 27.4. The van der Waals surface area contributed by atoms with Crippen molar-refractivity contribution in [1.29, 1.82) is 0 Å². The highest BCUT2D eigenvalue weighted by atomic mass is 19.3. The van der Waals surface area contributed by atoms with Crippen molar-refractivity contribution in [2.45, 2.75) is 45.2 Å². The number of aryl methyl sites for hydroxylation is 1. The standard InChI is InChI=1S/C30H29F3N2O3/c1-18(36)9-10-20-5-3-6-23(15-20)34-29(37)27(19(2)28(32)33)22-13-11-21(12-14-22)16-35-17-25-24(30(35)38)7-4-8-26(25)31/h3-8,11-15,19,27-28,36H,1,9-10,16-17H2,2H3,(H,34,37)/t19-,27+/m0/s1. The molecule has 1 heterocycles. The molecule has 0 spiro atoms. The summed E-state index contributed by atoms with van der Waals surface area (Å²) in [6.07, 6.45) is -1.82. The molecule has 38 heavy (non-hydrogen) atoms. The summed E-state index contributed by atoms with van der Waals surface area (Å²) in [6.45, 7) is 5.18. The third-order valence-corrected chi connectivity index (χ3v) is 6.80. The molecular formula is C30H29F3N2O3. The molecule has 3 aromatic rings. The number of hydrogen-bond acceptors (Lipinski definition) is 3. The van der Waals surface area contributed by atoms with E-state index < -0.39 is 30.0 Å². The van der Waals surface area contributed by atoms with Gasteiger partial charge in [0.15, 0.2) is 0 Å². The predicted molar refractivity (Wildman–Crippen MR) is 139 cm³/mol. The summed E-state index contributed by atoms with van der Waals surface area (Å²) in [5.74, 6) is -3.56. The fourth-order valence-electron chi connectivity index (χ4n) is 4.68. The zero-order valence-electron chi connectivity index (χ0n) is 21.0. The number of carbonyl (C=O) groups is 2. The van der Waals surface area contributed by atoms with Crippen molar-refractivity contribution in [2.75, 3.05) is 5.32 Å². The van der Waals surface area contributed by atoms with Crippen molar-refractivity contribution in [3.63, 3.8) is 0 Å². The third-order valence-electron chi connectivity index (χ3n) is 6.80. The minimum Gasteiger partial charge on any atom is -0.513 e. The molecule has 0 bridgehead atoms. The van der Waals surface area contributed by atoms with Gasteiger partial charge in [-0.2, -0.15) is 0 Å². The van der Waals surface area contributed by atoms with Gasteiger partial charge in [-0.05, 0) is 47.4 Å². The van der Waals surface area contributed by atoms with E-state index in [4.69, 9.17) is 0 Å². The second-order valence-corrected chi connectivity index (χ2v) is 9.60. The monoisotopic (exact) mass is 522 g/mol. The largest absolute Gasteiger partial charge is 0.513 e. The molecule has 0 saturated carbocycles. The molecule has 4 rings (SSSR count). The lowest BCUT2D eigenvalue weighted by Crippen LogP contribution is -2.30. The normalized spacial score (nSPS) is 14.3. The molecule has 198 valence electrons. The number of rotatable bonds is 10. The van der Waals surface area contributed by atoms with Crippen LogP contribution < -0.4 is 5.32 Å². The van der Waals surface area contributed by atoms with Crippen molar-refractivity contribution in [1.82, 2.24) is 4.90 Å². The molecule has 0 aromatic heterocycles. The molecule has 8 heteroatoms. The number of alkyl halides is 2. The Kier molecular flexibility index (Phi) is 8.20. The average Bonchev–Trinajstić information content (AvgIpc) is 3.20. The number of halogens is 3. The summed E-state index contributed by atoms with van der Waals surface area (Å²) in [5.41, 5.74) is 3.19. The number of amides is 2. The Balaban J connectivity index is 1.49. The number of benzene rings is 3. The Bertz CT molecular complexity index is 1340. The lowest BCUT2D eigenvalue weighted by Gasteiger charge is -2.24.